The first-order valence-corrected chi connectivity index (χ1v) is 7.20. The van der Waals surface area contributed by atoms with Crippen molar-refractivity contribution in [3.8, 4) is 0 Å². The summed E-state index contributed by atoms with van der Waals surface area (Å²) in [6.45, 7) is 7.92. The van der Waals surface area contributed by atoms with Crippen molar-refractivity contribution in [3.05, 3.63) is 0 Å². The maximum Gasteiger partial charge on any atom is 0.221 e. The summed E-state index contributed by atoms with van der Waals surface area (Å²) in [5, 5.41) is 6.21. The van der Waals surface area contributed by atoms with Crippen molar-refractivity contribution in [1.29, 1.82) is 0 Å². The molecule has 1 amide bonds. The van der Waals surface area contributed by atoms with Crippen LogP contribution in [0.3, 0.4) is 0 Å². The molecule has 0 rings (SSSR count). The number of hydrogen-bond acceptors (Lipinski definition) is 2. The smallest absolute Gasteiger partial charge is 0.221 e. The summed E-state index contributed by atoms with van der Waals surface area (Å²) in [7, 11) is 0. The van der Waals surface area contributed by atoms with Crippen LogP contribution in [-0.4, -0.2) is 25.0 Å². The summed E-state index contributed by atoms with van der Waals surface area (Å²) < 4.78 is 0. The molecule has 0 radical (unpaired) electrons. The van der Waals surface area contributed by atoms with E-state index >= 15 is 0 Å². The lowest BCUT2D eigenvalue weighted by Gasteiger charge is -2.13. The Labute approximate surface area is 107 Å². The Kier molecular flexibility index (Phi) is 11.5. The number of nitrogens with one attached hydrogen (secondary N) is 2. The highest BCUT2D eigenvalue weighted by molar-refractivity contribution is 5.75. The van der Waals surface area contributed by atoms with Gasteiger partial charge in [0.05, 0.1) is 0 Å². The maximum absolute atomic E-state index is 11.2. The first-order chi connectivity index (χ1) is 8.20. The minimum absolute atomic E-state index is 0.148. The Hall–Kier alpha value is -0.570. The molecule has 0 aliphatic heterocycles. The molecular formula is C14H30N2O. The summed E-state index contributed by atoms with van der Waals surface area (Å²) in [6, 6.07) is 0.533. The lowest BCUT2D eigenvalue weighted by molar-refractivity contribution is -0.120. The van der Waals surface area contributed by atoms with Crippen LogP contribution in [0.1, 0.15) is 65.7 Å². The van der Waals surface area contributed by atoms with Crippen molar-refractivity contribution in [3.63, 3.8) is 0 Å². The van der Waals surface area contributed by atoms with Gasteiger partial charge in [0.25, 0.3) is 0 Å². The van der Waals surface area contributed by atoms with Crippen LogP contribution in [0.5, 0.6) is 0 Å². The summed E-state index contributed by atoms with van der Waals surface area (Å²) in [4.78, 5) is 11.2. The summed E-state index contributed by atoms with van der Waals surface area (Å²) in [6.07, 6.45) is 8.49. The highest BCUT2D eigenvalue weighted by atomic mass is 16.1. The third-order valence-corrected chi connectivity index (χ3v) is 2.96. The lowest BCUT2D eigenvalue weighted by Crippen LogP contribution is -2.31. The molecule has 0 aromatic rings. The molecule has 102 valence electrons. The van der Waals surface area contributed by atoms with Crippen LogP contribution in [0.25, 0.3) is 0 Å². The Morgan fingerprint density at radius 2 is 1.82 bits per heavy atom. The van der Waals surface area contributed by atoms with Crippen LogP contribution in [0.4, 0.5) is 0 Å². The number of unbranched alkanes of at least 4 members (excludes halogenated alkanes) is 4. The van der Waals surface area contributed by atoms with E-state index in [-0.39, 0.29) is 5.91 Å². The quantitative estimate of drug-likeness (QED) is 0.547. The zero-order valence-electron chi connectivity index (χ0n) is 11.8. The normalized spacial score (nSPS) is 12.4. The van der Waals surface area contributed by atoms with Gasteiger partial charge in [-0.2, -0.15) is 0 Å². The first-order valence-electron chi connectivity index (χ1n) is 7.20. The molecule has 0 heterocycles. The number of rotatable bonds is 11. The van der Waals surface area contributed by atoms with Crippen molar-refractivity contribution in [1.82, 2.24) is 10.6 Å². The van der Waals surface area contributed by atoms with Gasteiger partial charge in [-0.1, -0.05) is 39.0 Å². The fourth-order valence-corrected chi connectivity index (χ4v) is 1.87. The van der Waals surface area contributed by atoms with E-state index in [9.17, 15) is 4.79 Å². The van der Waals surface area contributed by atoms with E-state index in [1.807, 2.05) is 6.92 Å². The molecule has 1 unspecified atom stereocenters. The van der Waals surface area contributed by atoms with Crippen LogP contribution in [0.2, 0.25) is 0 Å². The zero-order chi connectivity index (χ0) is 12.9. The molecule has 0 aliphatic rings. The molecule has 3 heteroatoms. The second-order valence-electron chi connectivity index (χ2n) is 4.76. The molecule has 2 N–H and O–H groups in total. The van der Waals surface area contributed by atoms with E-state index in [1.165, 1.54) is 38.5 Å². The minimum Gasteiger partial charge on any atom is -0.356 e. The number of hydrogen-bond donors (Lipinski definition) is 2. The van der Waals surface area contributed by atoms with Crippen LogP contribution >= 0.6 is 0 Å². The largest absolute Gasteiger partial charge is 0.356 e. The Morgan fingerprint density at radius 3 is 2.47 bits per heavy atom. The van der Waals surface area contributed by atoms with Gasteiger partial charge < -0.3 is 10.6 Å². The van der Waals surface area contributed by atoms with Crippen molar-refractivity contribution in [2.45, 2.75) is 71.8 Å². The molecule has 0 spiro atoms. The molecule has 0 aromatic carbocycles. The fourth-order valence-electron chi connectivity index (χ4n) is 1.87. The predicted molar refractivity (Wildman–Crippen MR) is 74.1 cm³/mol. The topological polar surface area (TPSA) is 41.1 Å². The Balaban J connectivity index is 3.28. The van der Waals surface area contributed by atoms with Crippen molar-refractivity contribution >= 4 is 5.91 Å². The molecule has 0 aromatic heterocycles. The summed E-state index contributed by atoms with van der Waals surface area (Å²) in [5.74, 6) is 0.148. The molecular weight excluding hydrogens is 212 g/mol. The van der Waals surface area contributed by atoms with Crippen LogP contribution in [0.15, 0.2) is 0 Å². The van der Waals surface area contributed by atoms with Gasteiger partial charge in [0.2, 0.25) is 5.91 Å². The predicted octanol–water partition coefficient (Wildman–Crippen LogP) is 2.85. The van der Waals surface area contributed by atoms with E-state index in [1.54, 1.807) is 0 Å². The zero-order valence-corrected chi connectivity index (χ0v) is 11.8. The van der Waals surface area contributed by atoms with Crippen LogP contribution < -0.4 is 10.6 Å². The molecule has 0 aliphatic carbocycles. The van der Waals surface area contributed by atoms with Crippen LogP contribution in [-0.2, 0) is 4.79 Å². The molecule has 17 heavy (non-hydrogen) atoms. The standard InChI is InChI=1S/C14H30N2O/c1-4-6-7-8-9-10-13(3)16-12-11-14(17)15-5-2/h13,16H,4-12H2,1-3H3,(H,15,17). The third kappa shape index (κ3) is 11.7. The molecule has 0 saturated carbocycles. The maximum atomic E-state index is 11.2. The third-order valence-electron chi connectivity index (χ3n) is 2.96. The minimum atomic E-state index is 0.148. The second-order valence-corrected chi connectivity index (χ2v) is 4.76. The van der Waals surface area contributed by atoms with E-state index in [0.29, 0.717) is 12.5 Å². The Morgan fingerprint density at radius 1 is 1.12 bits per heavy atom. The van der Waals surface area contributed by atoms with Gasteiger partial charge in [0, 0.05) is 25.6 Å². The number of amides is 1. The van der Waals surface area contributed by atoms with Gasteiger partial charge in [-0.25, -0.2) is 0 Å². The van der Waals surface area contributed by atoms with Gasteiger partial charge in [0.15, 0.2) is 0 Å². The SMILES string of the molecule is CCCCCCCC(C)NCCC(=O)NCC. The van der Waals surface area contributed by atoms with E-state index in [4.69, 9.17) is 0 Å². The van der Waals surface area contributed by atoms with Gasteiger partial charge in [-0.15, -0.1) is 0 Å². The van der Waals surface area contributed by atoms with Crippen molar-refractivity contribution < 1.29 is 4.79 Å². The summed E-state index contributed by atoms with van der Waals surface area (Å²) >= 11 is 0. The van der Waals surface area contributed by atoms with E-state index in [0.717, 1.165) is 13.1 Å². The molecule has 1 atom stereocenters. The average molecular weight is 242 g/mol. The molecule has 0 fully saturated rings. The highest BCUT2D eigenvalue weighted by Gasteiger charge is 2.03. The molecule has 0 bridgehead atoms. The Bertz CT molecular complexity index is 183. The average Bonchev–Trinajstić information content (AvgIpc) is 2.29. The first kappa shape index (κ1) is 16.4. The molecule has 3 nitrogen and oxygen atoms in total. The van der Waals surface area contributed by atoms with E-state index in [2.05, 4.69) is 24.5 Å². The van der Waals surface area contributed by atoms with Gasteiger partial charge in [-0.05, 0) is 20.3 Å². The van der Waals surface area contributed by atoms with Crippen LogP contribution in [0, 0.1) is 0 Å². The van der Waals surface area contributed by atoms with Crippen molar-refractivity contribution in [2.75, 3.05) is 13.1 Å². The lowest BCUT2D eigenvalue weighted by atomic mass is 10.1. The van der Waals surface area contributed by atoms with Gasteiger partial charge in [0.1, 0.15) is 0 Å². The number of carbonyl (C=O) groups excluding carboxylic acids is 1. The monoisotopic (exact) mass is 242 g/mol. The fraction of sp³-hybridized carbons (Fsp3) is 0.929. The van der Waals surface area contributed by atoms with Crippen molar-refractivity contribution in [2.24, 2.45) is 0 Å². The van der Waals surface area contributed by atoms with E-state index < -0.39 is 0 Å². The van der Waals surface area contributed by atoms with Gasteiger partial charge >= 0.3 is 0 Å². The highest BCUT2D eigenvalue weighted by Crippen LogP contribution is 2.06. The number of carbonyl (C=O) groups is 1. The second kappa shape index (κ2) is 11.9. The summed E-state index contributed by atoms with van der Waals surface area (Å²) in [5.41, 5.74) is 0. The van der Waals surface area contributed by atoms with Gasteiger partial charge in [-0.3, -0.25) is 4.79 Å². The molecule has 0 saturated heterocycles.